The van der Waals surface area contributed by atoms with Gasteiger partial charge in [-0.1, -0.05) is 44.8 Å². The first-order valence-electron chi connectivity index (χ1n) is 4.96. The zero-order valence-corrected chi connectivity index (χ0v) is 8.32. The van der Waals surface area contributed by atoms with E-state index in [1.165, 1.54) is 38.5 Å². The Morgan fingerprint density at radius 2 is 1.82 bits per heavy atom. The predicted octanol–water partition coefficient (Wildman–Crippen LogP) is 4.31. The van der Waals surface area contributed by atoms with Gasteiger partial charge in [0.15, 0.2) is 0 Å². The number of unbranched alkanes of at least 4 members (excludes halogenated alkanes) is 4. The zero-order chi connectivity index (χ0) is 8.53. The van der Waals surface area contributed by atoms with Crippen LogP contribution in [0.5, 0.6) is 0 Å². The molecule has 0 aromatic heterocycles. The van der Waals surface area contributed by atoms with E-state index in [9.17, 15) is 0 Å². The van der Waals surface area contributed by atoms with Gasteiger partial charge in [0.05, 0.1) is 0 Å². The van der Waals surface area contributed by atoms with Crippen molar-refractivity contribution in [1.29, 1.82) is 0 Å². The second kappa shape index (κ2) is 7.84. The third-order valence-corrected chi connectivity index (χ3v) is 2.11. The van der Waals surface area contributed by atoms with Gasteiger partial charge in [0, 0.05) is 0 Å². The minimum absolute atomic E-state index is 1.22. The third-order valence-electron chi connectivity index (χ3n) is 2.11. The van der Waals surface area contributed by atoms with Crippen molar-refractivity contribution >= 4 is 0 Å². The van der Waals surface area contributed by atoms with Crippen molar-refractivity contribution in [1.82, 2.24) is 0 Å². The van der Waals surface area contributed by atoms with Crippen LogP contribution in [0.2, 0.25) is 0 Å². The molecule has 0 unspecified atom stereocenters. The Labute approximate surface area is 71.7 Å². The molecule has 0 aliphatic carbocycles. The molecule has 11 heavy (non-hydrogen) atoms. The van der Waals surface area contributed by atoms with Crippen molar-refractivity contribution in [2.45, 2.75) is 59.3 Å². The summed E-state index contributed by atoms with van der Waals surface area (Å²) in [6.07, 6.45) is 10.4. The van der Waals surface area contributed by atoms with Gasteiger partial charge in [-0.05, 0) is 26.2 Å². The van der Waals surface area contributed by atoms with Gasteiger partial charge in [0.25, 0.3) is 0 Å². The van der Waals surface area contributed by atoms with Crippen LogP contribution in [0.1, 0.15) is 59.3 Å². The van der Waals surface area contributed by atoms with Gasteiger partial charge in [0.1, 0.15) is 0 Å². The Bertz CT molecular complexity index is 101. The van der Waals surface area contributed by atoms with Crippen LogP contribution in [0.3, 0.4) is 0 Å². The molecule has 0 rings (SSSR count). The Morgan fingerprint density at radius 1 is 1.09 bits per heavy atom. The largest absolute Gasteiger partial charge is 0.0856 e. The molecule has 0 atom stereocenters. The van der Waals surface area contributed by atoms with Crippen molar-refractivity contribution in [3.05, 3.63) is 11.6 Å². The van der Waals surface area contributed by atoms with Crippen LogP contribution in [0.4, 0.5) is 0 Å². The van der Waals surface area contributed by atoms with Crippen LogP contribution >= 0.6 is 0 Å². The van der Waals surface area contributed by atoms with E-state index >= 15 is 0 Å². The summed E-state index contributed by atoms with van der Waals surface area (Å²) in [5.74, 6) is 0. The second-order valence-electron chi connectivity index (χ2n) is 3.25. The summed E-state index contributed by atoms with van der Waals surface area (Å²) < 4.78 is 0. The van der Waals surface area contributed by atoms with Crippen LogP contribution in [-0.2, 0) is 0 Å². The standard InChI is InChI=1S/C11H22/c1-4-6-7-8-9-10-11(3)5-2/h10H,4-9H2,1-3H3. The van der Waals surface area contributed by atoms with Crippen molar-refractivity contribution in [2.24, 2.45) is 0 Å². The molecule has 0 saturated carbocycles. The summed E-state index contributed by atoms with van der Waals surface area (Å²) in [5.41, 5.74) is 1.54. The van der Waals surface area contributed by atoms with Crippen molar-refractivity contribution in [2.75, 3.05) is 0 Å². The number of allylic oxidation sites excluding steroid dienone is 2. The number of hydrogen-bond acceptors (Lipinski definition) is 0. The normalized spacial score (nSPS) is 12.1. The number of hydrogen-bond donors (Lipinski definition) is 0. The minimum Gasteiger partial charge on any atom is -0.0856 e. The molecule has 0 heterocycles. The van der Waals surface area contributed by atoms with E-state index in [1.54, 1.807) is 5.57 Å². The molecule has 0 spiro atoms. The molecule has 0 aliphatic rings. The fraction of sp³-hybridized carbons (Fsp3) is 0.818. The van der Waals surface area contributed by atoms with E-state index in [1.807, 2.05) is 0 Å². The van der Waals surface area contributed by atoms with Gasteiger partial charge in [-0.3, -0.25) is 0 Å². The van der Waals surface area contributed by atoms with Crippen molar-refractivity contribution in [3.63, 3.8) is 0 Å². The van der Waals surface area contributed by atoms with Crippen molar-refractivity contribution in [3.8, 4) is 0 Å². The lowest BCUT2D eigenvalue weighted by molar-refractivity contribution is 0.672. The van der Waals surface area contributed by atoms with Crippen LogP contribution in [0.25, 0.3) is 0 Å². The first kappa shape index (κ1) is 10.7. The highest BCUT2D eigenvalue weighted by Gasteiger charge is 1.86. The van der Waals surface area contributed by atoms with Gasteiger partial charge in [-0.25, -0.2) is 0 Å². The summed E-state index contributed by atoms with van der Waals surface area (Å²) in [4.78, 5) is 0. The Morgan fingerprint density at radius 3 is 2.36 bits per heavy atom. The van der Waals surface area contributed by atoms with E-state index in [0.29, 0.717) is 0 Å². The maximum atomic E-state index is 2.38. The summed E-state index contributed by atoms with van der Waals surface area (Å²) in [6.45, 7) is 6.70. The fourth-order valence-corrected chi connectivity index (χ4v) is 1.06. The van der Waals surface area contributed by atoms with Crippen LogP contribution in [0, 0.1) is 0 Å². The molecular formula is C11H22. The summed E-state index contributed by atoms with van der Waals surface area (Å²) in [5, 5.41) is 0. The lowest BCUT2D eigenvalue weighted by Crippen LogP contribution is -1.76. The van der Waals surface area contributed by atoms with E-state index in [-0.39, 0.29) is 0 Å². The first-order chi connectivity index (χ1) is 5.31. The van der Waals surface area contributed by atoms with Gasteiger partial charge < -0.3 is 0 Å². The summed E-state index contributed by atoms with van der Waals surface area (Å²) in [7, 11) is 0. The van der Waals surface area contributed by atoms with E-state index in [4.69, 9.17) is 0 Å². The van der Waals surface area contributed by atoms with Crippen LogP contribution < -0.4 is 0 Å². The molecule has 0 fully saturated rings. The van der Waals surface area contributed by atoms with Crippen LogP contribution in [-0.4, -0.2) is 0 Å². The summed E-state index contributed by atoms with van der Waals surface area (Å²) >= 11 is 0. The topological polar surface area (TPSA) is 0 Å². The lowest BCUT2D eigenvalue weighted by atomic mass is 10.1. The Balaban J connectivity index is 3.12. The van der Waals surface area contributed by atoms with Gasteiger partial charge in [0.2, 0.25) is 0 Å². The third kappa shape index (κ3) is 7.64. The molecule has 0 saturated heterocycles. The average Bonchev–Trinajstić information content (AvgIpc) is 2.04. The maximum Gasteiger partial charge on any atom is -0.0348 e. The van der Waals surface area contributed by atoms with E-state index in [2.05, 4.69) is 26.8 Å². The Kier molecular flexibility index (Phi) is 7.66. The highest BCUT2D eigenvalue weighted by Crippen LogP contribution is 2.06. The molecule has 0 N–H and O–H groups in total. The molecule has 0 aromatic carbocycles. The predicted molar refractivity (Wildman–Crippen MR) is 52.8 cm³/mol. The molecule has 0 amide bonds. The molecular weight excluding hydrogens is 132 g/mol. The van der Waals surface area contributed by atoms with Gasteiger partial charge in [-0.15, -0.1) is 0 Å². The maximum absolute atomic E-state index is 2.38. The van der Waals surface area contributed by atoms with Gasteiger partial charge in [-0.2, -0.15) is 0 Å². The van der Waals surface area contributed by atoms with Crippen molar-refractivity contribution < 1.29 is 0 Å². The lowest BCUT2D eigenvalue weighted by Gasteiger charge is -1.96. The molecule has 0 aromatic rings. The quantitative estimate of drug-likeness (QED) is 0.395. The Hall–Kier alpha value is -0.260. The van der Waals surface area contributed by atoms with E-state index < -0.39 is 0 Å². The molecule has 0 aliphatic heterocycles. The SMILES string of the molecule is CCCCCCC=C(C)CC. The highest BCUT2D eigenvalue weighted by atomic mass is 13.9. The van der Waals surface area contributed by atoms with Gasteiger partial charge >= 0.3 is 0 Å². The molecule has 0 bridgehead atoms. The zero-order valence-electron chi connectivity index (χ0n) is 8.32. The first-order valence-corrected chi connectivity index (χ1v) is 4.96. The molecule has 0 nitrogen and oxygen atoms in total. The monoisotopic (exact) mass is 154 g/mol. The van der Waals surface area contributed by atoms with Crippen LogP contribution in [0.15, 0.2) is 11.6 Å². The minimum atomic E-state index is 1.22. The smallest absolute Gasteiger partial charge is 0.0348 e. The summed E-state index contributed by atoms with van der Waals surface area (Å²) in [6, 6.07) is 0. The second-order valence-corrected chi connectivity index (χ2v) is 3.25. The molecule has 0 heteroatoms. The highest BCUT2D eigenvalue weighted by molar-refractivity contribution is 4.96. The fourth-order valence-electron chi connectivity index (χ4n) is 1.06. The molecule has 66 valence electrons. The number of rotatable bonds is 6. The molecule has 0 radical (unpaired) electrons. The van der Waals surface area contributed by atoms with E-state index in [0.717, 1.165) is 0 Å². The average molecular weight is 154 g/mol.